The van der Waals surface area contributed by atoms with Gasteiger partial charge < -0.3 is 14.8 Å². The van der Waals surface area contributed by atoms with Gasteiger partial charge >= 0.3 is 0 Å². The number of hydrogen-bond donors (Lipinski definition) is 1. The van der Waals surface area contributed by atoms with Crippen LogP contribution >= 0.6 is 0 Å². The summed E-state index contributed by atoms with van der Waals surface area (Å²) in [7, 11) is 0. The molecule has 0 aliphatic carbocycles. The lowest BCUT2D eigenvalue weighted by Crippen LogP contribution is -2.43. The third kappa shape index (κ3) is 4.46. The normalized spacial score (nSPS) is 17.9. The number of benzene rings is 1. The van der Waals surface area contributed by atoms with E-state index in [0.717, 1.165) is 18.8 Å². The summed E-state index contributed by atoms with van der Waals surface area (Å²) in [5.41, 5.74) is 1.40. The van der Waals surface area contributed by atoms with Crippen molar-refractivity contribution in [1.82, 2.24) is 19.8 Å². The number of likely N-dealkylation sites (tertiary alicyclic amines) is 1. The number of piperidine rings is 1. The SMILES string of the molecule is CCN1CCC(N[C@H](CCn2ccnc2C)c2ccccc2)CC1. The molecule has 4 heteroatoms. The van der Waals surface area contributed by atoms with Gasteiger partial charge in [-0.25, -0.2) is 4.98 Å². The Balaban J connectivity index is 1.63. The van der Waals surface area contributed by atoms with E-state index in [1.807, 2.05) is 6.20 Å². The van der Waals surface area contributed by atoms with Gasteiger partial charge in [-0.05, 0) is 51.4 Å². The molecule has 4 nitrogen and oxygen atoms in total. The lowest BCUT2D eigenvalue weighted by Gasteiger charge is -2.34. The highest BCUT2D eigenvalue weighted by Gasteiger charge is 2.21. The van der Waals surface area contributed by atoms with Crippen LogP contribution in [0.1, 0.15) is 43.6 Å². The maximum absolute atomic E-state index is 4.34. The van der Waals surface area contributed by atoms with Gasteiger partial charge in [-0.1, -0.05) is 37.3 Å². The number of hydrogen-bond acceptors (Lipinski definition) is 3. The first-order valence-electron chi connectivity index (χ1n) is 9.27. The quantitative estimate of drug-likeness (QED) is 0.846. The van der Waals surface area contributed by atoms with Gasteiger partial charge in [-0.15, -0.1) is 0 Å². The van der Waals surface area contributed by atoms with Crippen molar-refractivity contribution >= 4 is 0 Å². The van der Waals surface area contributed by atoms with Crippen molar-refractivity contribution in [3.8, 4) is 0 Å². The summed E-state index contributed by atoms with van der Waals surface area (Å²) >= 11 is 0. The van der Waals surface area contributed by atoms with E-state index in [2.05, 4.69) is 70.1 Å². The second kappa shape index (κ2) is 8.45. The van der Waals surface area contributed by atoms with Crippen molar-refractivity contribution in [2.45, 2.75) is 51.7 Å². The molecule has 0 unspecified atom stereocenters. The Hall–Kier alpha value is -1.65. The maximum atomic E-state index is 4.34. The minimum absolute atomic E-state index is 0.408. The van der Waals surface area contributed by atoms with Crippen molar-refractivity contribution in [3.63, 3.8) is 0 Å². The van der Waals surface area contributed by atoms with Gasteiger partial charge in [0.15, 0.2) is 0 Å². The van der Waals surface area contributed by atoms with Crippen LogP contribution in [0.3, 0.4) is 0 Å². The molecule has 0 spiro atoms. The van der Waals surface area contributed by atoms with Gasteiger partial charge in [0.25, 0.3) is 0 Å². The van der Waals surface area contributed by atoms with Crippen LogP contribution in [0, 0.1) is 6.92 Å². The number of rotatable bonds is 7. The molecule has 0 radical (unpaired) electrons. The topological polar surface area (TPSA) is 33.1 Å². The lowest BCUT2D eigenvalue weighted by molar-refractivity contribution is 0.196. The molecule has 1 N–H and O–H groups in total. The molecule has 130 valence electrons. The van der Waals surface area contributed by atoms with Crippen molar-refractivity contribution in [3.05, 3.63) is 54.1 Å². The van der Waals surface area contributed by atoms with Crippen LogP contribution < -0.4 is 5.32 Å². The highest BCUT2D eigenvalue weighted by atomic mass is 15.1. The minimum Gasteiger partial charge on any atom is -0.335 e. The third-order valence-corrected chi connectivity index (χ3v) is 5.26. The summed E-state index contributed by atoms with van der Waals surface area (Å²) in [6.45, 7) is 8.95. The summed E-state index contributed by atoms with van der Waals surface area (Å²) in [5.74, 6) is 1.10. The molecule has 1 aromatic heterocycles. The Morgan fingerprint density at radius 2 is 1.96 bits per heavy atom. The Morgan fingerprint density at radius 1 is 1.21 bits per heavy atom. The summed E-state index contributed by atoms with van der Waals surface area (Å²) in [5, 5.41) is 3.94. The van der Waals surface area contributed by atoms with E-state index in [-0.39, 0.29) is 0 Å². The number of aromatic nitrogens is 2. The van der Waals surface area contributed by atoms with Crippen LogP contribution in [0.15, 0.2) is 42.7 Å². The Labute approximate surface area is 145 Å². The van der Waals surface area contributed by atoms with Crippen LogP contribution in [0.4, 0.5) is 0 Å². The first kappa shape index (κ1) is 17.2. The van der Waals surface area contributed by atoms with E-state index in [4.69, 9.17) is 0 Å². The summed E-state index contributed by atoms with van der Waals surface area (Å²) in [4.78, 5) is 6.88. The van der Waals surface area contributed by atoms with Crippen LogP contribution in [0.2, 0.25) is 0 Å². The molecular weight excluding hydrogens is 296 g/mol. The van der Waals surface area contributed by atoms with E-state index in [0.29, 0.717) is 12.1 Å². The van der Waals surface area contributed by atoms with Gasteiger partial charge in [0.1, 0.15) is 5.82 Å². The zero-order valence-electron chi connectivity index (χ0n) is 15.0. The van der Waals surface area contributed by atoms with Gasteiger partial charge in [-0.2, -0.15) is 0 Å². The molecule has 2 aromatic rings. The van der Waals surface area contributed by atoms with Gasteiger partial charge in [0.05, 0.1) is 0 Å². The molecule has 2 heterocycles. The molecule has 0 amide bonds. The van der Waals surface area contributed by atoms with Gasteiger partial charge in [0.2, 0.25) is 0 Å². The predicted molar refractivity (Wildman–Crippen MR) is 99.0 cm³/mol. The van der Waals surface area contributed by atoms with Crippen LogP contribution in [-0.4, -0.2) is 40.1 Å². The van der Waals surface area contributed by atoms with Gasteiger partial charge in [-0.3, -0.25) is 0 Å². The largest absolute Gasteiger partial charge is 0.335 e. The van der Waals surface area contributed by atoms with Crippen LogP contribution in [-0.2, 0) is 6.54 Å². The van der Waals surface area contributed by atoms with Crippen molar-refractivity contribution in [1.29, 1.82) is 0 Å². The molecule has 1 aliphatic heterocycles. The second-order valence-corrected chi connectivity index (χ2v) is 6.79. The molecule has 1 aromatic carbocycles. The highest BCUT2D eigenvalue weighted by Crippen LogP contribution is 2.21. The van der Waals surface area contributed by atoms with E-state index < -0.39 is 0 Å². The third-order valence-electron chi connectivity index (χ3n) is 5.26. The fraction of sp³-hybridized carbons (Fsp3) is 0.550. The Kier molecular flexibility index (Phi) is 6.05. The van der Waals surface area contributed by atoms with Crippen molar-refractivity contribution < 1.29 is 0 Å². The number of nitrogens with one attached hydrogen (secondary N) is 1. The molecule has 1 saturated heterocycles. The minimum atomic E-state index is 0.408. The molecule has 1 atom stereocenters. The van der Waals surface area contributed by atoms with Crippen molar-refractivity contribution in [2.75, 3.05) is 19.6 Å². The van der Waals surface area contributed by atoms with E-state index >= 15 is 0 Å². The Morgan fingerprint density at radius 3 is 2.58 bits per heavy atom. The van der Waals surface area contributed by atoms with E-state index in [1.165, 1.54) is 38.0 Å². The average Bonchev–Trinajstić information content (AvgIpc) is 3.05. The average molecular weight is 326 g/mol. The summed E-state index contributed by atoms with van der Waals surface area (Å²) < 4.78 is 2.25. The highest BCUT2D eigenvalue weighted by molar-refractivity contribution is 5.19. The number of nitrogens with zero attached hydrogens (tertiary/aromatic N) is 3. The molecule has 1 aliphatic rings. The molecule has 0 bridgehead atoms. The Bertz CT molecular complexity index is 599. The molecule has 0 saturated carbocycles. The summed E-state index contributed by atoms with van der Waals surface area (Å²) in [6.07, 6.45) is 7.57. The lowest BCUT2D eigenvalue weighted by atomic mass is 9.99. The molecular formula is C20H30N4. The molecule has 1 fully saturated rings. The zero-order chi connectivity index (χ0) is 16.8. The van der Waals surface area contributed by atoms with Crippen LogP contribution in [0.25, 0.3) is 0 Å². The van der Waals surface area contributed by atoms with Crippen LogP contribution in [0.5, 0.6) is 0 Å². The standard InChI is InChI=1S/C20H30N4/c1-3-23-13-9-19(10-14-23)22-20(18-7-5-4-6-8-18)11-15-24-16-12-21-17(24)2/h4-8,12,16,19-20,22H,3,9-11,13-15H2,1-2H3/t20-/m1/s1. The number of aryl methyl sites for hydroxylation is 2. The predicted octanol–water partition coefficient (Wildman–Crippen LogP) is 3.40. The van der Waals surface area contributed by atoms with E-state index in [9.17, 15) is 0 Å². The summed E-state index contributed by atoms with van der Waals surface area (Å²) in [6, 6.07) is 11.9. The fourth-order valence-corrected chi connectivity index (χ4v) is 3.64. The van der Waals surface area contributed by atoms with Gasteiger partial charge in [0, 0.05) is 31.0 Å². The molecule has 24 heavy (non-hydrogen) atoms. The fourth-order valence-electron chi connectivity index (χ4n) is 3.64. The monoisotopic (exact) mass is 326 g/mol. The van der Waals surface area contributed by atoms with E-state index in [1.54, 1.807) is 0 Å². The number of imidazole rings is 1. The maximum Gasteiger partial charge on any atom is 0.105 e. The second-order valence-electron chi connectivity index (χ2n) is 6.79. The molecule has 3 rings (SSSR count). The zero-order valence-corrected chi connectivity index (χ0v) is 15.0. The van der Waals surface area contributed by atoms with Crippen molar-refractivity contribution in [2.24, 2.45) is 0 Å². The first-order valence-corrected chi connectivity index (χ1v) is 9.27. The first-order chi connectivity index (χ1) is 11.8. The smallest absolute Gasteiger partial charge is 0.105 e.